The number of carbonyl (C=O) groups excluding carboxylic acids is 1. The maximum absolute atomic E-state index is 12.1. The fourth-order valence-corrected chi connectivity index (χ4v) is 3.00. The summed E-state index contributed by atoms with van der Waals surface area (Å²) in [5.74, 6) is 0.258. The zero-order chi connectivity index (χ0) is 19.5. The van der Waals surface area contributed by atoms with Crippen molar-refractivity contribution >= 4 is 21.4 Å². The van der Waals surface area contributed by atoms with Crippen LogP contribution >= 0.6 is 0 Å². The molecular weight excluding hydrogens is 350 g/mol. The number of rotatable bonds is 5. The van der Waals surface area contributed by atoms with Gasteiger partial charge in [0.1, 0.15) is 5.75 Å². The number of nitrogens with one attached hydrogen (secondary N) is 1. The molecule has 0 aliphatic heterocycles. The zero-order valence-corrected chi connectivity index (χ0v) is 16.6. The molecule has 0 saturated carbocycles. The van der Waals surface area contributed by atoms with E-state index in [1.54, 1.807) is 13.0 Å². The Balaban J connectivity index is 2.01. The molecule has 0 aliphatic rings. The highest BCUT2D eigenvalue weighted by Crippen LogP contribution is 2.24. The summed E-state index contributed by atoms with van der Waals surface area (Å²) in [6, 6.07) is 12.3. The monoisotopic (exact) mass is 375 g/mol. The van der Waals surface area contributed by atoms with Crippen molar-refractivity contribution in [3.8, 4) is 5.75 Å². The Kier molecular flexibility index (Phi) is 5.76. The Labute approximate surface area is 155 Å². The molecule has 140 valence electrons. The molecule has 2 aromatic carbocycles. The summed E-state index contributed by atoms with van der Waals surface area (Å²) in [5.41, 5.74) is 2.48. The maximum Gasteiger partial charge on any atom is 0.262 e. The van der Waals surface area contributed by atoms with Gasteiger partial charge in [-0.05, 0) is 47.7 Å². The van der Waals surface area contributed by atoms with Crippen LogP contribution in [0.3, 0.4) is 0 Å². The summed E-state index contributed by atoms with van der Waals surface area (Å²) in [7, 11) is -3.33. The van der Waals surface area contributed by atoms with Gasteiger partial charge >= 0.3 is 0 Å². The molecule has 1 N–H and O–H groups in total. The van der Waals surface area contributed by atoms with Gasteiger partial charge in [-0.25, -0.2) is 8.42 Å². The van der Waals surface area contributed by atoms with E-state index < -0.39 is 9.84 Å². The van der Waals surface area contributed by atoms with E-state index in [-0.39, 0.29) is 22.8 Å². The number of hydrogen-bond donors (Lipinski definition) is 1. The molecule has 0 radical (unpaired) electrons. The third-order valence-electron chi connectivity index (χ3n) is 4.00. The van der Waals surface area contributed by atoms with Gasteiger partial charge in [0, 0.05) is 11.9 Å². The van der Waals surface area contributed by atoms with Gasteiger partial charge in [0.05, 0.1) is 4.90 Å². The van der Waals surface area contributed by atoms with Crippen molar-refractivity contribution in [3.63, 3.8) is 0 Å². The van der Waals surface area contributed by atoms with E-state index in [0.717, 1.165) is 11.8 Å². The predicted octanol–water partition coefficient (Wildman–Crippen LogP) is 3.71. The van der Waals surface area contributed by atoms with Crippen LogP contribution in [-0.2, 0) is 20.0 Å². The quantitative estimate of drug-likeness (QED) is 0.865. The number of sulfone groups is 1. The van der Waals surface area contributed by atoms with Crippen molar-refractivity contribution in [1.29, 1.82) is 0 Å². The molecule has 0 spiro atoms. The topological polar surface area (TPSA) is 72.5 Å². The van der Waals surface area contributed by atoms with E-state index in [9.17, 15) is 13.2 Å². The lowest BCUT2D eigenvalue weighted by Crippen LogP contribution is -2.21. The van der Waals surface area contributed by atoms with E-state index in [1.807, 2.05) is 24.3 Å². The van der Waals surface area contributed by atoms with Crippen LogP contribution in [0, 0.1) is 6.92 Å². The van der Waals surface area contributed by atoms with Crippen LogP contribution in [0.4, 0.5) is 5.69 Å². The van der Waals surface area contributed by atoms with Gasteiger partial charge in [-0.3, -0.25) is 4.79 Å². The van der Waals surface area contributed by atoms with Crippen LogP contribution in [0.1, 0.15) is 31.9 Å². The molecule has 0 bridgehead atoms. The van der Waals surface area contributed by atoms with Crippen molar-refractivity contribution < 1.29 is 17.9 Å². The zero-order valence-electron chi connectivity index (χ0n) is 15.8. The van der Waals surface area contributed by atoms with Crippen LogP contribution in [0.2, 0.25) is 0 Å². The average molecular weight is 375 g/mol. The SMILES string of the molecule is Cc1ccc(S(C)(=O)=O)cc1NC(=O)COc1ccc(C(C)(C)C)cc1. The van der Waals surface area contributed by atoms with Crippen molar-refractivity contribution in [2.75, 3.05) is 18.2 Å². The first-order valence-electron chi connectivity index (χ1n) is 8.31. The number of benzene rings is 2. The fourth-order valence-electron chi connectivity index (χ4n) is 2.35. The predicted molar refractivity (Wildman–Crippen MR) is 104 cm³/mol. The molecule has 0 heterocycles. The molecule has 0 aromatic heterocycles. The summed E-state index contributed by atoms with van der Waals surface area (Å²) in [4.78, 5) is 12.3. The molecule has 2 aromatic rings. The van der Waals surface area contributed by atoms with Gasteiger partial charge < -0.3 is 10.1 Å². The first-order valence-corrected chi connectivity index (χ1v) is 10.2. The first kappa shape index (κ1) is 20.0. The minimum atomic E-state index is -3.33. The number of ether oxygens (including phenoxy) is 1. The molecule has 26 heavy (non-hydrogen) atoms. The van der Waals surface area contributed by atoms with Crippen LogP contribution in [0.25, 0.3) is 0 Å². The summed E-state index contributed by atoms with van der Waals surface area (Å²) in [6.07, 6.45) is 1.13. The molecule has 0 aliphatic carbocycles. The van der Waals surface area contributed by atoms with E-state index in [4.69, 9.17) is 4.74 Å². The minimum Gasteiger partial charge on any atom is -0.484 e. The molecule has 5 nitrogen and oxygen atoms in total. The van der Waals surface area contributed by atoms with Crippen molar-refractivity contribution in [2.24, 2.45) is 0 Å². The highest BCUT2D eigenvalue weighted by atomic mass is 32.2. The van der Waals surface area contributed by atoms with Gasteiger partial charge in [0.2, 0.25) is 0 Å². The molecule has 0 unspecified atom stereocenters. The van der Waals surface area contributed by atoms with E-state index in [2.05, 4.69) is 26.1 Å². The summed E-state index contributed by atoms with van der Waals surface area (Å²) < 4.78 is 28.8. The number of hydrogen-bond acceptors (Lipinski definition) is 4. The van der Waals surface area contributed by atoms with Gasteiger partial charge in [-0.15, -0.1) is 0 Å². The molecule has 0 atom stereocenters. The second kappa shape index (κ2) is 7.50. The molecule has 0 saturated heterocycles. The lowest BCUT2D eigenvalue weighted by atomic mass is 9.87. The Morgan fingerprint density at radius 2 is 1.69 bits per heavy atom. The summed E-state index contributed by atoms with van der Waals surface area (Å²) in [5, 5.41) is 2.70. The van der Waals surface area contributed by atoms with Crippen LogP contribution in [-0.4, -0.2) is 27.2 Å². The summed E-state index contributed by atoms with van der Waals surface area (Å²) in [6.45, 7) is 8.03. The normalized spacial score (nSPS) is 11.9. The average Bonchev–Trinajstić information content (AvgIpc) is 2.53. The summed E-state index contributed by atoms with van der Waals surface area (Å²) >= 11 is 0. The van der Waals surface area contributed by atoms with E-state index >= 15 is 0 Å². The largest absolute Gasteiger partial charge is 0.484 e. The Bertz CT molecular complexity index is 894. The van der Waals surface area contributed by atoms with Crippen molar-refractivity contribution in [3.05, 3.63) is 53.6 Å². The molecular formula is C20H25NO4S. The maximum atomic E-state index is 12.1. The smallest absolute Gasteiger partial charge is 0.262 e. The standard InChI is InChI=1S/C20H25NO4S/c1-14-6-11-17(26(5,23)24)12-18(14)21-19(22)13-25-16-9-7-15(8-10-16)20(2,3)4/h6-12H,13H2,1-5H3,(H,21,22). The third kappa shape index (κ3) is 5.33. The lowest BCUT2D eigenvalue weighted by molar-refractivity contribution is -0.118. The van der Waals surface area contributed by atoms with Gasteiger partial charge in [0.25, 0.3) is 5.91 Å². The Morgan fingerprint density at radius 3 is 2.23 bits per heavy atom. The highest BCUT2D eigenvalue weighted by Gasteiger charge is 2.14. The van der Waals surface area contributed by atoms with Crippen LogP contribution < -0.4 is 10.1 Å². The number of carbonyl (C=O) groups is 1. The van der Waals surface area contributed by atoms with Crippen LogP contribution in [0.5, 0.6) is 5.75 Å². The molecule has 0 fully saturated rings. The van der Waals surface area contributed by atoms with Crippen LogP contribution in [0.15, 0.2) is 47.4 Å². The second-order valence-electron chi connectivity index (χ2n) is 7.36. The Hall–Kier alpha value is -2.34. The highest BCUT2D eigenvalue weighted by molar-refractivity contribution is 7.90. The molecule has 6 heteroatoms. The molecule has 1 amide bonds. The van der Waals surface area contributed by atoms with Crippen molar-refractivity contribution in [2.45, 2.75) is 38.0 Å². The minimum absolute atomic E-state index is 0.0536. The number of amides is 1. The Morgan fingerprint density at radius 1 is 1.08 bits per heavy atom. The molecule has 2 rings (SSSR count). The van der Waals surface area contributed by atoms with Gasteiger partial charge in [-0.2, -0.15) is 0 Å². The second-order valence-corrected chi connectivity index (χ2v) is 9.38. The van der Waals surface area contributed by atoms with E-state index in [0.29, 0.717) is 11.4 Å². The first-order chi connectivity index (χ1) is 12.0. The lowest BCUT2D eigenvalue weighted by Gasteiger charge is -2.19. The third-order valence-corrected chi connectivity index (χ3v) is 5.11. The fraction of sp³-hybridized carbons (Fsp3) is 0.350. The van der Waals surface area contributed by atoms with Gasteiger partial charge in [-0.1, -0.05) is 39.0 Å². The van der Waals surface area contributed by atoms with Gasteiger partial charge in [0.15, 0.2) is 16.4 Å². The van der Waals surface area contributed by atoms with Crippen molar-refractivity contribution in [1.82, 2.24) is 0 Å². The number of aryl methyl sites for hydroxylation is 1. The van der Waals surface area contributed by atoms with E-state index in [1.165, 1.54) is 17.7 Å². The number of anilines is 1.